The standard InChI is InChI=1S/C17H20N2O4S/c1-11-14(12(2)23-18-11)10-24-15-7-5-4-6-13(15)17(22)19(3)9-8-16(20)21/h4-7H,8-10H2,1-3H3,(H,20,21). The Morgan fingerprint density at radius 3 is 2.62 bits per heavy atom. The summed E-state index contributed by atoms with van der Waals surface area (Å²) in [4.78, 5) is 25.5. The van der Waals surface area contributed by atoms with E-state index in [2.05, 4.69) is 5.16 Å². The number of rotatable bonds is 7. The van der Waals surface area contributed by atoms with Crippen molar-refractivity contribution in [2.24, 2.45) is 0 Å². The smallest absolute Gasteiger partial charge is 0.305 e. The van der Waals surface area contributed by atoms with E-state index in [0.29, 0.717) is 11.3 Å². The van der Waals surface area contributed by atoms with E-state index in [0.717, 1.165) is 21.9 Å². The van der Waals surface area contributed by atoms with Crippen LogP contribution in [0.2, 0.25) is 0 Å². The van der Waals surface area contributed by atoms with Gasteiger partial charge >= 0.3 is 5.97 Å². The van der Waals surface area contributed by atoms with Crippen molar-refractivity contribution in [1.29, 1.82) is 0 Å². The lowest BCUT2D eigenvalue weighted by Gasteiger charge is -2.18. The third-order valence-electron chi connectivity index (χ3n) is 3.68. The predicted molar refractivity (Wildman–Crippen MR) is 91.2 cm³/mol. The average Bonchev–Trinajstić information content (AvgIpc) is 2.88. The monoisotopic (exact) mass is 348 g/mol. The molecular weight excluding hydrogens is 328 g/mol. The number of hydrogen-bond donors (Lipinski definition) is 1. The normalized spacial score (nSPS) is 10.6. The first-order valence-corrected chi connectivity index (χ1v) is 8.49. The molecule has 1 heterocycles. The van der Waals surface area contributed by atoms with Crippen LogP contribution in [-0.2, 0) is 10.5 Å². The number of carbonyl (C=O) groups is 2. The van der Waals surface area contributed by atoms with Crippen LogP contribution in [0.25, 0.3) is 0 Å². The van der Waals surface area contributed by atoms with Crippen LogP contribution in [0, 0.1) is 13.8 Å². The lowest BCUT2D eigenvalue weighted by molar-refractivity contribution is -0.137. The molecule has 2 aromatic rings. The molecule has 7 heteroatoms. The Morgan fingerprint density at radius 1 is 1.29 bits per heavy atom. The molecule has 24 heavy (non-hydrogen) atoms. The minimum Gasteiger partial charge on any atom is -0.481 e. The maximum absolute atomic E-state index is 12.6. The number of benzene rings is 1. The second kappa shape index (κ2) is 8.01. The van der Waals surface area contributed by atoms with Gasteiger partial charge in [-0.1, -0.05) is 17.3 Å². The number of thioether (sulfide) groups is 1. The number of aliphatic carboxylic acids is 1. The number of nitrogens with zero attached hydrogens (tertiary/aromatic N) is 2. The molecular formula is C17H20N2O4S. The molecule has 0 saturated carbocycles. The quantitative estimate of drug-likeness (QED) is 0.774. The van der Waals surface area contributed by atoms with Crippen LogP contribution in [0.5, 0.6) is 0 Å². The molecule has 0 atom stereocenters. The van der Waals surface area contributed by atoms with Crippen molar-refractivity contribution in [3.8, 4) is 0 Å². The van der Waals surface area contributed by atoms with Gasteiger partial charge in [-0.15, -0.1) is 11.8 Å². The minimum absolute atomic E-state index is 0.0728. The van der Waals surface area contributed by atoms with Gasteiger partial charge in [0, 0.05) is 29.8 Å². The second-order valence-electron chi connectivity index (χ2n) is 5.46. The summed E-state index contributed by atoms with van der Waals surface area (Å²) < 4.78 is 5.16. The topological polar surface area (TPSA) is 83.6 Å². The van der Waals surface area contributed by atoms with E-state index < -0.39 is 5.97 Å². The largest absolute Gasteiger partial charge is 0.481 e. The van der Waals surface area contributed by atoms with Crippen molar-refractivity contribution in [2.75, 3.05) is 13.6 Å². The van der Waals surface area contributed by atoms with Gasteiger partial charge in [0.15, 0.2) is 0 Å². The minimum atomic E-state index is -0.921. The van der Waals surface area contributed by atoms with E-state index in [1.54, 1.807) is 19.2 Å². The number of carboxylic acids is 1. The average molecular weight is 348 g/mol. The highest BCUT2D eigenvalue weighted by Gasteiger charge is 2.17. The lowest BCUT2D eigenvalue weighted by Crippen LogP contribution is -2.29. The van der Waals surface area contributed by atoms with Gasteiger partial charge in [-0.3, -0.25) is 9.59 Å². The molecule has 0 radical (unpaired) electrons. The summed E-state index contributed by atoms with van der Waals surface area (Å²) in [5.41, 5.74) is 2.45. The molecule has 0 saturated heterocycles. The highest BCUT2D eigenvalue weighted by Crippen LogP contribution is 2.29. The zero-order chi connectivity index (χ0) is 17.7. The van der Waals surface area contributed by atoms with E-state index in [4.69, 9.17) is 9.63 Å². The van der Waals surface area contributed by atoms with Crippen molar-refractivity contribution < 1.29 is 19.2 Å². The molecule has 0 bridgehead atoms. The molecule has 2 rings (SSSR count). The van der Waals surface area contributed by atoms with Crippen molar-refractivity contribution in [1.82, 2.24) is 10.1 Å². The Kier molecular flexibility index (Phi) is 6.03. The van der Waals surface area contributed by atoms with Crippen LogP contribution >= 0.6 is 11.8 Å². The number of aryl methyl sites for hydroxylation is 2. The van der Waals surface area contributed by atoms with Gasteiger partial charge in [-0.05, 0) is 26.0 Å². The summed E-state index contributed by atoms with van der Waals surface area (Å²) in [5, 5.41) is 12.7. The summed E-state index contributed by atoms with van der Waals surface area (Å²) in [6, 6.07) is 7.33. The van der Waals surface area contributed by atoms with Crippen LogP contribution in [0.3, 0.4) is 0 Å². The Bertz CT molecular complexity index is 722. The lowest BCUT2D eigenvalue weighted by atomic mass is 10.2. The summed E-state index contributed by atoms with van der Waals surface area (Å²) in [7, 11) is 1.61. The fourth-order valence-electron chi connectivity index (χ4n) is 2.20. The molecule has 6 nitrogen and oxygen atoms in total. The first-order valence-electron chi connectivity index (χ1n) is 7.51. The van der Waals surface area contributed by atoms with E-state index in [9.17, 15) is 9.59 Å². The third-order valence-corrected chi connectivity index (χ3v) is 4.78. The van der Waals surface area contributed by atoms with Gasteiger partial charge in [-0.25, -0.2) is 0 Å². The SMILES string of the molecule is Cc1noc(C)c1CSc1ccccc1C(=O)N(C)CCC(=O)O. The predicted octanol–water partition coefficient (Wildman–Crippen LogP) is 3.13. The highest BCUT2D eigenvalue weighted by molar-refractivity contribution is 7.98. The van der Waals surface area contributed by atoms with E-state index in [1.807, 2.05) is 26.0 Å². The number of carbonyl (C=O) groups excluding carboxylic acids is 1. The first kappa shape index (κ1) is 18.1. The zero-order valence-electron chi connectivity index (χ0n) is 13.9. The van der Waals surface area contributed by atoms with E-state index >= 15 is 0 Å². The summed E-state index contributed by atoms with van der Waals surface area (Å²) in [6.45, 7) is 3.94. The number of aromatic nitrogens is 1. The van der Waals surface area contributed by atoms with Crippen molar-refractivity contribution >= 4 is 23.6 Å². The van der Waals surface area contributed by atoms with Gasteiger partial charge in [0.2, 0.25) is 0 Å². The Hall–Kier alpha value is -2.28. The summed E-state index contributed by atoms with van der Waals surface area (Å²) in [5.74, 6) is 0.334. The van der Waals surface area contributed by atoms with Gasteiger partial charge < -0.3 is 14.5 Å². The molecule has 0 unspecified atom stereocenters. The summed E-state index contributed by atoms with van der Waals surface area (Å²) in [6.07, 6.45) is -0.0728. The highest BCUT2D eigenvalue weighted by atomic mass is 32.2. The molecule has 128 valence electrons. The molecule has 1 amide bonds. The Morgan fingerprint density at radius 2 is 2.00 bits per heavy atom. The molecule has 0 spiro atoms. The van der Waals surface area contributed by atoms with Crippen LogP contribution in [0.1, 0.15) is 33.8 Å². The maximum atomic E-state index is 12.6. The van der Waals surface area contributed by atoms with Crippen LogP contribution in [0.4, 0.5) is 0 Å². The Labute approximate surface area is 144 Å². The number of amides is 1. The second-order valence-corrected chi connectivity index (χ2v) is 6.48. The Balaban J connectivity index is 2.12. The van der Waals surface area contributed by atoms with Crippen LogP contribution in [-0.4, -0.2) is 40.6 Å². The third kappa shape index (κ3) is 4.38. The summed E-state index contributed by atoms with van der Waals surface area (Å²) >= 11 is 1.54. The van der Waals surface area contributed by atoms with E-state index in [1.165, 1.54) is 16.7 Å². The van der Waals surface area contributed by atoms with E-state index in [-0.39, 0.29) is 18.9 Å². The molecule has 1 N–H and O–H groups in total. The van der Waals surface area contributed by atoms with Crippen LogP contribution < -0.4 is 0 Å². The molecule has 0 fully saturated rings. The molecule has 0 aliphatic rings. The number of hydrogen-bond acceptors (Lipinski definition) is 5. The molecule has 1 aromatic carbocycles. The van der Waals surface area contributed by atoms with Gasteiger partial charge in [-0.2, -0.15) is 0 Å². The zero-order valence-corrected chi connectivity index (χ0v) is 14.7. The van der Waals surface area contributed by atoms with Crippen molar-refractivity contribution in [3.63, 3.8) is 0 Å². The van der Waals surface area contributed by atoms with Crippen molar-refractivity contribution in [3.05, 3.63) is 46.8 Å². The molecule has 0 aliphatic carbocycles. The van der Waals surface area contributed by atoms with Gasteiger partial charge in [0.1, 0.15) is 5.76 Å². The van der Waals surface area contributed by atoms with Crippen molar-refractivity contribution in [2.45, 2.75) is 30.9 Å². The molecule has 0 aliphatic heterocycles. The maximum Gasteiger partial charge on any atom is 0.305 e. The van der Waals surface area contributed by atoms with Gasteiger partial charge in [0.25, 0.3) is 5.91 Å². The molecule has 1 aromatic heterocycles. The number of carboxylic acid groups (broad SMARTS) is 1. The fraction of sp³-hybridized carbons (Fsp3) is 0.353. The van der Waals surface area contributed by atoms with Crippen LogP contribution in [0.15, 0.2) is 33.7 Å². The van der Waals surface area contributed by atoms with Gasteiger partial charge in [0.05, 0.1) is 17.7 Å². The fourth-order valence-corrected chi connectivity index (χ4v) is 3.40. The first-order chi connectivity index (χ1) is 11.4.